The lowest BCUT2D eigenvalue weighted by atomic mass is 10.2. The lowest BCUT2D eigenvalue weighted by molar-refractivity contribution is 0.171. The first-order chi connectivity index (χ1) is 8.40. The van der Waals surface area contributed by atoms with Gasteiger partial charge in [-0.3, -0.25) is 4.79 Å². The molecule has 0 aliphatic rings. The minimum Gasteiger partial charge on any atom is -0.383 e. The first-order valence-corrected chi connectivity index (χ1v) is 7.91. The summed E-state index contributed by atoms with van der Waals surface area (Å²) in [5.74, 6) is 0. The number of aryl methyl sites for hydroxylation is 1. The van der Waals surface area contributed by atoms with Crippen molar-refractivity contribution in [3.63, 3.8) is 0 Å². The number of hydrogen-bond donors (Lipinski definition) is 2. The normalized spacial score (nSPS) is 13.7. The highest BCUT2D eigenvalue weighted by atomic mass is 32.2. The van der Waals surface area contributed by atoms with Gasteiger partial charge in [0, 0.05) is 18.8 Å². The smallest absolute Gasteiger partial charge is 0.305 e. The topological polar surface area (TPSA) is 88.3 Å². The molecule has 18 heavy (non-hydrogen) atoms. The van der Waals surface area contributed by atoms with Crippen LogP contribution in [0.4, 0.5) is 0 Å². The van der Waals surface area contributed by atoms with Crippen LogP contribution in [0, 0.1) is 6.92 Å². The molecule has 0 bridgehead atoms. The van der Waals surface area contributed by atoms with Crippen molar-refractivity contribution in [3.05, 3.63) is 15.4 Å². The Morgan fingerprint density at radius 2 is 2.17 bits per heavy atom. The Morgan fingerprint density at radius 3 is 2.61 bits per heavy atom. The molecule has 1 atom stereocenters. The molecule has 0 aliphatic heterocycles. The van der Waals surface area contributed by atoms with E-state index in [1.54, 1.807) is 6.92 Å². The van der Waals surface area contributed by atoms with Gasteiger partial charge in [0.1, 0.15) is 0 Å². The first kappa shape index (κ1) is 15.4. The van der Waals surface area contributed by atoms with Crippen LogP contribution < -0.4 is 9.60 Å². The number of hydrogen-bond acceptors (Lipinski definition) is 5. The van der Waals surface area contributed by atoms with Gasteiger partial charge in [-0.05, 0) is 13.3 Å². The van der Waals surface area contributed by atoms with E-state index in [0.29, 0.717) is 30.1 Å². The van der Waals surface area contributed by atoms with Crippen molar-refractivity contribution < 1.29 is 13.2 Å². The van der Waals surface area contributed by atoms with Crippen LogP contribution in [0.5, 0.6) is 0 Å². The van der Waals surface area contributed by atoms with Crippen molar-refractivity contribution in [2.45, 2.75) is 36.9 Å². The van der Waals surface area contributed by atoms with Crippen molar-refractivity contribution in [2.24, 2.45) is 0 Å². The van der Waals surface area contributed by atoms with Crippen molar-refractivity contribution in [1.29, 1.82) is 0 Å². The summed E-state index contributed by atoms with van der Waals surface area (Å²) in [7, 11) is -2.13. The largest absolute Gasteiger partial charge is 0.383 e. The lowest BCUT2D eigenvalue weighted by Gasteiger charge is -2.16. The molecule has 1 aromatic rings. The Morgan fingerprint density at radius 1 is 1.50 bits per heavy atom. The second-order valence-electron chi connectivity index (χ2n) is 3.99. The predicted molar refractivity (Wildman–Crippen MR) is 70.6 cm³/mol. The maximum Gasteiger partial charge on any atom is 0.305 e. The zero-order valence-corrected chi connectivity index (χ0v) is 12.3. The number of aromatic nitrogens is 1. The molecule has 2 N–H and O–H groups in total. The zero-order valence-electron chi connectivity index (χ0n) is 10.6. The average Bonchev–Trinajstić information content (AvgIpc) is 2.59. The van der Waals surface area contributed by atoms with E-state index in [2.05, 4.69) is 9.71 Å². The molecule has 0 spiro atoms. The molecule has 1 aromatic heterocycles. The van der Waals surface area contributed by atoms with E-state index >= 15 is 0 Å². The van der Waals surface area contributed by atoms with Gasteiger partial charge in [0.2, 0.25) is 0 Å². The summed E-state index contributed by atoms with van der Waals surface area (Å²) in [4.78, 5) is 13.2. The molecule has 0 amide bonds. The van der Waals surface area contributed by atoms with Crippen molar-refractivity contribution in [3.8, 4) is 0 Å². The fourth-order valence-corrected chi connectivity index (χ4v) is 4.22. The molecule has 6 nitrogen and oxygen atoms in total. The third kappa shape index (κ3) is 3.91. The maximum absolute atomic E-state index is 12.1. The van der Waals surface area contributed by atoms with Crippen LogP contribution in [0.25, 0.3) is 0 Å². The Hall–Kier alpha value is -0.700. The van der Waals surface area contributed by atoms with Gasteiger partial charge in [0.05, 0.1) is 6.61 Å². The standard InChI is InChI=1S/C10H18N2O4S2/c1-4-5-8(6-16-3)12-18(14,15)9-7(2)11-10(13)17-9/h8,12H,4-6H2,1-3H3,(H,11,13). The molecule has 0 radical (unpaired) electrons. The third-order valence-electron chi connectivity index (χ3n) is 2.35. The monoisotopic (exact) mass is 294 g/mol. The van der Waals surface area contributed by atoms with Crippen LogP contribution >= 0.6 is 11.3 Å². The van der Waals surface area contributed by atoms with Crippen LogP contribution in [0.15, 0.2) is 9.00 Å². The molecule has 104 valence electrons. The predicted octanol–water partition coefficient (Wildman–Crippen LogP) is 0.838. The van der Waals surface area contributed by atoms with E-state index in [1.165, 1.54) is 7.11 Å². The Balaban J connectivity index is 2.93. The fraction of sp³-hybridized carbons (Fsp3) is 0.700. The highest BCUT2D eigenvalue weighted by Crippen LogP contribution is 2.16. The molecule has 0 aromatic carbocycles. The van der Waals surface area contributed by atoms with Gasteiger partial charge in [-0.15, -0.1) is 0 Å². The Bertz CT molecular complexity index is 526. The van der Waals surface area contributed by atoms with E-state index < -0.39 is 10.0 Å². The SMILES string of the molecule is CCCC(COC)NS(=O)(=O)c1sc(=O)[nH]c1C. The van der Waals surface area contributed by atoms with E-state index in [1.807, 2.05) is 6.92 Å². The van der Waals surface area contributed by atoms with Crippen molar-refractivity contribution in [2.75, 3.05) is 13.7 Å². The third-order valence-corrected chi connectivity index (χ3v) is 5.48. The molecular formula is C10H18N2O4S2. The number of thiazole rings is 1. The second-order valence-corrected chi connectivity index (χ2v) is 6.88. The van der Waals surface area contributed by atoms with Crippen LogP contribution in [0.3, 0.4) is 0 Å². The molecule has 8 heteroatoms. The quantitative estimate of drug-likeness (QED) is 0.780. The van der Waals surface area contributed by atoms with Crippen LogP contribution in [-0.2, 0) is 14.8 Å². The zero-order chi connectivity index (χ0) is 13.8. The van der Waals surface area contributed by atoms with E-state index in [4.69, 9.17) is 4.74 Å². The number of H-pyrrole nitrogens is 1. The summed E-state index contributed by atoms with van der Waals surface area (Å²) in [5.41, 5.74) is 0.366. The van der Waals surface area contributed by atoms with Gasteiger partial charge in [0.15, 0.2) is 4.21 Å². The Kier molecular flexibility index (Phi) is 5.51. The summed E-state index contributed by atoms with van der Waals surface area (Å²) < 4.78 is 31.8. The Labute approximate surface area is 110 Å². The summed E-state index contributed by atoms with van der Waals surface area (Å²) in [6.45, 7) is 3.85. The molecule has 1 unspecified atom stereocenters. The van der Waals surface area contributed by atoms with E-state index in [-0.39, 0.29) is 15.1 Å². The van der Waals surface area contributed by atoms with Gasteiger partial charge in [-0.1, -0.05) is 24.7 Å². The number of sulfonamides is 1. The molecule has 1 heterocycles. The summed E-state index contributed by atoms with van der Waals surface area (Å²) in [6, 6.07) is -0.276. The molecule has 0 fully saturated rings. The van der Waals surface area contributed by atoms with Crippen LogP contribution in [0.2, 0.25) is 0 Å². The van der Waals surface area contributed by atoms with E-state index in [9.17, 15) is 13.2 Å². The first-order valence-electron chi connectivity index (χ1n) is 5.61. The average molecular weight is 294 g/mol. The number of ether oxygens (including phenoxy) is 1. The summed E-state index contributed by atoms with van der Waals surface area (Å²) in [5, 5.41) is 0. The minimum absolute atomic E-state index is 0.0460. The number of aromatic amines is 1. The van der Waals surface area contributed by atoms with Gasteiger partial charge in [-0.2, -0.15) is 0 Å². The van der Waals surface area contributed by atoms with Gasteiger partial charge >= 0.3 is 4.87 Å². The summed E-state index contributed by atoms with van der Waals surface area (Å²) >= 11 is 0.697. The number of methoxy groups -OCH3 is 1. The fourth-order valence-electron chi connectivity index (χ4n) is 1.65. The molecular weight excluding hydrogens is 276 g/mol. The summed E-state index contributed by atoms with van der Waals surface area (Å²) in [6.07, 6.45) is 1.53. The van der Waals surface area contributed by atoms with Gasteiger partial charge in [0.25, 0.3) is 10.0 Å². The van der Waals surface area contributed by atoms with Crippen molar-refractivity contribution >= 4 is 21.4 Å². The maximum atomic E-state index is 12.1. The molecule has 0 saturated heterocycles. The number of nitrogens with one attached hydrogen (secondary N) is 2. The highest BCUT2D eigenvalue weighted by molar-refractivity contribution is 7.91. The van der Waals surface area contributed by atoms with Crippen LogP contribution in [-0.4, -0.2) is 33.2 Å². The van der Waals surface area contributed by atoms with Crippen LogP contribution in [0.1, 0.15) is 25.5 Å². The molecule has 1 rings (SSSR count). The minimum atomic E-state index is -3.66. The molecule has 0 saturated carbocycles. The number of rotatable bonds is 7. The van der Waals surface area contributed by atoms with E-state index in [0.717, 1.165) is 6.42 Å². The second kappa shape index (κ2) is 6.46. The van der Waals surface area contributed by atoms with Gasteiger partial charge < -0.3 is 9.72 Å². The lowest BCUT2D eigenvalue weighted by Crippen LogP contribution is -2.37. The van der Waals surface area contributed by atoms with Gasteiger partial charge in [-0.25, -0.2) is 13.1 Å². The van der Waals surface area contributed by atoms with Crippen molar-refractivity contribution in [1.82, 2.24) is 9.71 Å². The molecule has 0 aliphatic carbocycles. The highest BCUT2D eigenvalue weighted by Gasteiger charge is 2.23.